The third-order valence-corrected chi connectivity index (χ3v) is 5.33. The standard InChI is InChI=1S/C16H15ClN4OS2/c17-12-4-6-13(7-5-12)23-10-8-18-15(22)11-24-16-20-19-14-3-1-2-9-21(14)16/h1-7,9H,8,10-11H2,(H,18,22). The maximum Gasteiger partial charge on any atom is 0.230 e. The van der Waals surface area contributed by atoms with Crippen LogP contribution in [0.2, 0.25) is 5.02 Å². The summed E-state index contributed by atoms with van der Waals surface area (Å²) in [5.74, 6) is 1.12. The molecule has 8 heteroatoms. The number of rotatable bonds is 7. The predicted octanol–water partition coefficient (Wildman–Crippen LogP) is 3.38. The maximum absolute atomic E-state index is 11.9. The van der Waals surface area contributed by atoms with Gasteiger partial charge < -0.3 is 5.32 Å². The SMILES string of the molecule is O=C(CSc1nnc2ccccn12)NCCSc1ccc(Cl)cc1. The maximum atomic E-state index is 11.9. The van der Waals surface area contributed by atoms with Gasteiger partial charge in [-0.25, -0.2) is 0 Å². The molecule has 3 aromatic rings. The molecule has 0 unspecified atom stereocenters. The molecule has 0 atom stereocenters. The Balaban J connectivity index is 1.39. The number of aromatic nitrogens is 3. The van der Waals surface area contributed by atoms with Gasteiger partial charge >= 0.3 is 0 Å². The monoisotopic (exact) mass is 378 g/mol. The number of nitrogens with one attached hydrogen (secondary N) is 1. The molecule has 1 N–H and O–H groups in total. The van der Waals surface area contributed by atoms with Crippen molar-refractivity contribution < 1.29 is 4.79 Å². The Labute approximate surface area is 153 Å². The summed E-state index contributed by atoms with van der Waals surface area (Å²) >= 11 is 8.91. The van der Waals surface area contributed by atoms with Crippen LogP contribution in [-0.2, 0) is 4.79 Å². The summed E-state index contributed by atoms with van der Waals surface area (Å²) in [4.78, 5) is 13.1. The van der Waals surface area contributed by atoms with Gasteiger partial charge in [0.25, 0.3) is 0 Å². The molecule has 0 aliphatic heterocycles. The quantitative estimate of drug-likeness (QED) is 0.504. The molecule has 0 saturated carbocycles. The van der Waals surface area contributed by atoms with Gasteiger partial charge in [-0.05, 0) is 36.4 Å². The number of benzene rings is 1. The first-order valence-corrected chi connectivity index (χ1v) is 9.65. The molecule has 5 nitrogen and oxygen atoms in total. The highest BCUT2D eigenvalue weighted by Crippen LogP contribution is 2.20. The van der Waals surface area contributed by atoms with Crippen molar-refractivity contribution in [3.8, 4) is 0 Å². The van der Waals surface area contributed by atoms with Gasteiger partial charge in [-0.15, -0.1) is 22.0 Å². The number of carbonyl (C=O) groups excluding carboxylic acids is 1. The van der Waals surface area contributed by atoms with Crippen LogP contribution in [0, 0.1) is 0 Å². The summed E-state index contributed by atoms with van der Waals surface area (Å²) in [6.45, 7) is 0.618. The van der Waals surface area contributed by atoms with Crippen molar-refractivity contribution in [3.05, 3.63) is 53.7 Å². The molecule has 1 amide bonds. The van der Waals surface area contributed by atoms with E-state index in [-0.39, 0.29) is 5.91 Å². The lowest BCUT2D eigenvalue weighted by Crippen LogP contribution is -2.27. The number of carbonyl (C=O) groups is 1. The zero-order valence-corrected chi connectivity index (χ0v) is 15.1. The Kier molecular flexibility index (Phi) is 6.01. The van der Waals surface area contributed by atoms with Crippen molar-refractivity contribution in [2.24, 2.45) is 0 Å². The molecule has 0 aliphatic rings. The molecule has 124 valence electrons. The zero-order valence-electron chi connectivity index (χ0n) is 12.7. The topological polar surface area (TPSA) is 59.3 Å². The molecule has 0 saturated heterocycles. The van der Waals surface area contributed by atoms with Crippen LogP contribution < -0.4 is 5.32 Å². The summed E-state index contributed by atoms with van der Waals surface area (Å²) in [6.07, 6.45) is 1.89. The van der Waals surface area contributed by atoms with Crippen molar-refractivity contribution in [1.29, 1.82) is 0 Å². The second kappa shape index (κ2) is 8.41. The van der Waals surface area contributed by atoms with Crippen molar-refractivity contribution in [2.45, 2.75) is 10.1 Å². The molecule has 0 bridgehead atoms. The van der Waals surface area contributed by atoms with Crippen LogP contribution in [0.15, 0.2) is 58.7 Å². The molecule has 2 aromatic heterocycles. The third-order valence-electron chi connectivity index (χ3n) is 3.12. The highest BCUT2D eigenvalue weighted by atomic mass is 35.5. The second-order valence-corrected chi connectivity index (χ2v) is 7.40. The van der Waals surface area contributed by atoms with E-state index in [9.17, 15) is 4.79 Å². The van der Waals surface area contributed by atoms with Crippen molar-refractivity contribution in [1.82, 2.24) is 19.9 Å². The Morgan fingerprint density at radius 1 is 1.12 bits per heavy atom. The number of pyridine rings is 1. The molecular weight excluding hydrogens is 364 g/mol. The number of nitrogens with zero attached hydrogens (tertiary/aromatic N) is 3. The van der Waals surface area contributed by atoms with E-state index in [1.807, 2.05) is 53.1 Å². The molecular formula is C16H15ClN4OS2. The van der Waals surface area contributed by atoms with E-state index in [4.69, 9.17) is 11.6 Å². The van der Waals surface area contributed by atoms with E-state index in [1.165, 1.54) is 11.8 Å². The highest BCUT2D eigenvalue weighted by Gasteiger charge is 2.08. The molecule has 24 heavy (non-hydrogen) atoms. The van der Waals surface area contributed by atoms with Crippen LogP contribution in [0.25, 0.3) is 5.65 Å². The highest BCUT2D eigenvalue weighted by molar-refractivity contribution is 7.99. The molecule has 3 rings (SSSR count). The second-order valence-electron chi connectivity index (χ2n) is 4.85. The molecule has 0 spiro atoms. The largest absolute Gasteiger partial charge is 0.355 e. The fourth-order valence-corrected chi connectivity index (χ4v) is 3.64. The average molecular weight is 379 g/mol. The van der Waals surface area contributed by atoms with Gasteiger partial charge in [0.1, 0.15) is 0 Å². The van der Waals surface area contributed by atoms with Gasteiger partial charge in [0.15, 0.2) is 10.8 Å². The van der Waals surface area contributed by atoms with Gasteiger partial charge in [-0.1, -0.05) is 29.4 Å². The van der Waals surface area contributed by atoms with E-state index in [1.54, 1.807) is 11.8 Å². The van der Waals surface area contributed by atoms with Crippen LogP contribution in [0.1, 0.15) is 0 Å². The first kappa shape index (κ1) is 17.1. The van der Waals surface area contributed by atoms with Gasteiger partial charge in [0, 0.05) is 28.4 Å². The van der Waals surface area contributed by atoms with Crippen LogP contribution >= 0.6 is 35.1 Å². The van der Waals surface area contributed by atoms with Crippen molar-refractivity contribution >= 4 is 46.7 Å². The van der Waals surface area contributed by atoms with Crippen LogP contribution in [0.3, 0.4) is 0 Å². The molecule has 2 heterocycles. The minimum absolute atomic E-state index is 0.00983. The Morgan fingerprint density at radius 2 is 1.96 bits per heavy atom. The first-order chi connectivity index (χ1) is 11.7. The molecule has 1 aromatic carbocycles. The first-order valence-electron chi connectivity index (χ1n) is 7.30. The summed E-state index contributed by atoms with van der Waals surface area (Å²) < 4.78 is 1.87. The zero-order chi connectivity index (χ0) is 16.8. The minimum atomic E-state index is -0.00983. The molecule has 0 aliphatic carbocycles. The van der Waals surface area contributed by atoms with E-state index < -0.39 is 0 Å². The van der Waals surface area contributed by atoms with E-state index in [2.05, 4.69) is 15.5 Å². The fraction of sp³-hybridized carbons (Fsp3) is 0.188. The van der Waals surface area contributed by atoms with Crippen LogP contribution in [0.4, 0.5) is 0 Å². The Bertz CT molecular complexity index is 822. The number of hydrogen-bond donors (Lipinski definition) is 1. The number of fused-ring (bicyclic) bond motifs is 1. The van der Waals surface area contributed by atoms with Gasteiger partial charge in [0.2, 0.25) is 5.91 Å². The number of halogens is 1. The summed E-state index contributed by atoms with van der Waals surface area (Å²) in [5.41, 5.74) is 0.778. The number of hydrogen-bond acceptors (Lipinski definition) is 5. The summed E-state index contributed by atoms with van der Waals surface area (Å²) in [7, 11) is 0. The Hall–Kier alpha value is -1.70. The van der Waals surface area contributed by atoms with Crippen LogP contribution in [0.5, 0.6) is 0 Å². The minimum Gasteiger partial charge on any atom is -0.355 e. The molecule has 0 fully saturated rings. The van der Waals surface area contributed by atoms with Gasteiger partial charge in [0.05, 0.1) is 5.75 Å². The lowest BCUT2D eigenvalue weighted by atomic mass is 10.4. The summed E-state index contributed by atoms with van der Waals surface area (Å²) in [5, 5.41) is 12.5. The van der Waals surface area contributed by atoms with E-state index in [0.717, 1.165) is 26.5 Å². The van der Waals surface area contributed by atoms with Gasteiger partial charge in [-0.3, -0.25) is 9.20 Å². The Morgan fingerprint density at radius 3 is 2.79 bits per heavy atom. The number of thioether (sulfide) groups is 2. The van der Waals surface area contributed by atoms with Gasteiger partial charge in [-0.2, -0.15) is 0 Å². The van der Waals surface area contributed by atoms with E-state index in [0.29, 0.717) is 12.3 Å². The van der Waals surface area contributed by atoms with Crippen molar-refractivity contribution in [3.63, 3.8) is 0 Å². The fourth-order valence-electron chi connectivity index (χ4n) is 1.99. The lowest BCUT2D eigenvalue weighted by molar-refractivity contribution is -0.118. The smallest absolute Gasteiger partial charge is 0.230 e. The normalized spacial score (nSPS) is 10.9. The van der Waals surface area contributed by atoms with E-state index >= 15 is 0 Å². The lowest BCUT2D eigenvalue weighted by Gasteiger charge is -2.05. The number of amides is 1. The van der Waals surface area contributed by atoms with Crippen molar-refractivity contribution in [2.75, 3.05) is 18.1 Å². The third kappa shape index (κ3) is 4.66. The predicted molar refractivity (Wildman–Crippen MR) is 98.9 cm³/mol. The summed E-state index contributed by atoms with van der Waals surface area (Å²) in [6, 6.07) is 13.4. The van der Waals surface area contributed by atoms with Crippen LogP contribution in [-0.4, -0.2) is 38.6 Å². The average Bonchev–Trinajstić information content (AvgIpc) is 3.02. The molecule has 0 radical (unpaired) electrons.